The Hall–Kier alpha value is -1.86. The van der Waals surface area contributed by atoms with Crippen molar-refractivity contribution in [1.29, 1.82) is 0 Å². The van der Waals surface area contributed by atoms with Gasteiger partial charge in [-0.3, -0.25) is 4.18 Å². The fourth-order valence-electron chi connectivity index (χ4n) is 1.44. The molecule has 0 amide bonds. The summed E-state index contributed by atoms with van der Waals surface area (Å²) >= 11 is 0. The van der Waals surface area contributed by atoms with Crippen LogP contribution in [-0.2, 0) is 20.9 Å². The molecular formula is C12H11FN2O3S. The van der Waals surface area contributed by atoms with Gasteiger partial charge in [0.05, 0.1) is 12.9 Å². The van der Waals surface area contributed by atoms with E-state index in [0.29, 0.717) is 11.4 Å². The van der Waals surface area contributed by atoms with Gasteiger partial charge in [0.15, 0.2) is 5.82 Å². The third kappa shape index (κ3) is 3.80. The molecule has 0 aliphatic heterocycles. The average Bonchev–Trinajstić information content (AvgIpc) is 2.38. The van der Waals surface area contributed by atoms with Crippen molar-refractivity contribution in [2.45, 2.75) is 6.61 Å². The molecule has 0 bridgehead atoms. The molecule has 1 aromatic carbocycles. The molecule has 0 aliphatic rings. The van der Waals surface area contributed by atoms with E-state index in [9.17, 15) is 12.8 Å². The van der Waals surface area contributed by atoms with Crippen molar-refractivity contribution in [2.24, 2.45) is 0 Å². The predicted octanol–water partition coefficient (Wildman–Crippen LogP) is 1.76. The Kier molecular flexibility index (Phi) is 3.87. The summed E-state index contributed by atoms with van der Waals surface area (Å²) in [5.41, 5.74) is 0.726. The number of aromatic nitrogens is 2. The van der Waals surface area contributed by atoms with E-state index in [2.05, 4.69) is 14.2 Å². The van der Waals surface area contributed by atoms with Crippen LogP contribution in [0.1, 0.15) is 5.56 Å². The zero-order chi connectivity index (χ0) is 13.9. The minimum atomic E-state index is -3.61. The van der Waals surface area contributed by atoms with Crippen LogP contribution in [-0.4, -0.2) is 24.6 Å². The van der Waals surface area contributed by atoms with E-state index in [1.165, 1.54) is 18.2 Å². The summed E-state index contributed by atoms with van der Waals surface area (Å²) in [6.07, 6.45) is 4.05. The van der Waals surface area contributed by atoms with Gasteiger partial charge in [0.25, 0.3) is 10.1 Å². The van der Waals surface area contributed by atoms with Crippen LogP contribution in [0.3, 0.4) is 0 Å². The van der Waals surface area contributed by atoms with Gasteiger partial charge in [-0.25, -0.2) is 14.4 Å². The van der Waals surface area contributed by atoms with Crippen molar-refractivity contribution in [3.63, 3.8) is 0 Å². The predicted molar refractivity (Wildman–Crippen MR) is 67.1 cm³/mol. The van der Waals surface area contributed by atoms with Crippen molar-refractivity contribution < 1.29 is 17.0 Å². The van der Waals surface area contributed by atoms with Crippen LogP contribution < -0.4 is 0 Å². The summed E-state index contributed by atoms with van der Waals surface area (Å²) in [5, 5.41) is 0. The van der Waals surface area contributed by atoms with Gasteiger partial charge in [0.1, 0.15) is 5.82 Å². The van der Waals surface area contributed by atoms with E-state index in [1.54, 1.807) is 18.5 Å². The molecule has 0 spiro atoms. The first-order chi connectivity index (χ1) is 8.96. The molecule has 0 aliphatic carbocycles. The van der Waals surface area contributed by atoms with Crippen molar-refractivity contribution >= 4 is 10.1 Å². The van der Waals surface area contributed by atoms with E-state index in [1.807, 2.05) is 0 Å². The fraction of sp³-hybridized carbons (Fsp3) is 0.167. The second-order valence-corrected chi connectivity index (χ2v) is 5.49. The third-order valence-corrected chi connectivity index (χ3v) is 2.84. The minimum Gasteiger partial charge on any atom is -0.265 e. The van der Waals surface area contributed by atoms with Gasteiger partial charge in [-0.1, -0.05) is 0 Å². The number of nitrogens with zero attached hydrogens (tertiary/aromatic N) is 2. The molecule has 0 saturated heterocycles. The lowest BCUT2D eigenvalue weighted by molar-refractivity contribution is 0.306. The Labute approximate surface area is 110 Å². The normalized spacial score (nSPS) is 11.5. The first kappa shape index (κ1) is 13.6. The molecule has 1 heterocycles. The van der Waals surface area contributed by atoms with E-state index >= 15 is 0 Å². The van der Waals surface area contributed by atoms with Gasteiger partial charge in [-0.05, 0) is 24.3 Å². The maximum absolute atomic E-state index is 13.5. The summed E-state index contributed by atoms with van der Waals surface area (Å²) in [6.45, 7) is -0.356. The Balaban J connectivity index is 2.30. The third-order valence-electron chi connectivity index (χ3n) is 2.30. The van der Waals surface area contributed by atoms with Crippen LogP contribution >= 0.6 is 0 Å². The summed E-state index contributed by atoms with van der Waals surface area (Å²) in [4.78, 5) is 8.07. The highest BCUT2D eigenvalue weighted by atomic mass is 32.2. The van der Waals surface area contributed by atoms with Gasteiger partial charge >= 0.3 is 0 Å². The SMILES string of the molecule is CS(=O)(=O)OCc1cc(-c2ncccn2)ccc1F. The number of halogens is 1. The van der Waals surface area contributed by atoms with Crippen LogP contribution in [0.15, 0.2) is 36.7 Å². The van der Waals surface area contributed by atoms with Crippen LogP contribution in [0, 0.1) is 5.82 Å². The molecule has 2 rings (SSSR count). The maximum atomic E-state index is 13.5. The number of hydrogen-bond donors (Lipinski definition) is 0. The molecule has 19 heavy (non-hydrogen) atoms. The smallest absolute Gasteiger partial charge is 0.264 e. The monoisotopic (exact) mass is 282 g/mol. The summed E-state index contributed by atoms with van der Waals surface area (Å²) < 4.78 is 39.9. The van der Waals surface area contributed by atoms with Crippen molar-refractivity contribution in [3.05, 3.63) is 48.0 Å². The first-order valence-corrected chi connectivity index (χ1v) is 7.17. The van der Waals surface area contributed by atoms with E-state index in [-0.39, 0.29) is 12.2 Å². The number of benzene rings is 1. The van der Waals surface area contributed by atoms with Crippen molar-refractivity contribution in [2.75, 3.05) is 6.26 Å². The molecule has 0 unspecified atom stereocenters. The molecule has 0 radical (unpaired) electrons. The van der Waals surface area contributed by atoms with Crippen molar-refractivity contribution in [1.82, 2.24) is 9.97 Å². The molecule has 7 heteroatoms. The minimum absolute atomic E-state index is 0.135. The lowest BCUT2D eigenvalue weighted by atomic mass is 10.1. The van der Waals surface area contributed by atoms with E-state index < -0.39 is 15.9 Å². The average molecular weight is 282 g/mol. The van der Waals surface area contributed by atoms with Crippen LogP contribution in [0.5, 0.6) is 0 Å². The highest BCUT2D eigenvalue weighted by Gasteiger charge is 2.10. The van der Waals surface area contributed by atoms with E-state index in [4.69, 9.17) is 0 Å². The zero-order valence-corrected chi connectivity index (χ0v) is 10.9. The summed E-state index contributed by atoms with van der Waals surface area (Å²) in [7, 11) is -3.61. The first-order valence-electron chi connectivity index (χ1n) is 5.36. The van der Waals surface area contributed by atoms with Crippen LogP contribution in [0.2, 0.25) is 0 Å². The van der Waals surface area contributed by atoms with Crippen LogP contribution in [0.25, 0.3) is 11.4 Å². The van der Waals surface area contributed by atoms with Gasteiger partial charge < -0.3 is 0 Å². The maximum Gasteiger partial charge on any atom is 0.264 e. The molecule has 0 N–H and O–H groups in total. The van der Waals surface area contributed by atoms with E-state index in [0.717, 1.165) is 6.26 Å². The number of rotatable bonds is 4. The molecule has 5 nitrogen and oxygen atoms in total. The molecular weight excluding hydrogens is 271 g/mol. The summed E-state index contributed by atoms with van der Waals surface area (Å²) in [5.74, 6) is -0.105. The zero-order valence-electron chi connectivity index (χ0n) is 10.1. The van der Waals surface area contributed by atoms with Gasteiger partial charge in [-0.15, -0.1) is 0 Å². The standard InChI is InChI=1S/C12H11FN2O3S/c1-19(16,17)18-8-10-7-9(3-4-11(10)13)12-14-5-2-6-15-12/h2-7H,8H2,1H3. The Bertz CT molecular complexity index is 675. The van der Waals surface area contributed by atoms with Gasteiger partial charge in [0, 0.05) is 23.5 Å². The largest absolute Gasteiger partial charge is 0.265 e. The Morgan fingerprint density at radius 1 is 1.26 bits per heavy atom. The van der Waals surface area contributed by atoms with Gasteiger partial charge in [-0.2, -0.15) is 8.42 Å². The molecule has 0 saturated carbocycles. The highest BCUT2D eigenvalue weighted by molar-refractivity contribution is 7.85. The summed E-state index contributed by atoms with van der Waals surface area (Å²) in [6, 6.07) is 5.89. The number of hydrogen-bond acceptors (Lipinski definition) is 5. The molecule has 1 aromatic heterocycles. The molecule has 2 aromatic rings. The fourth-order valence-corrected chi connectivity index (χ4v) is 1.78. The topological polar surface area (TPSA) is 69.2 Å². The quantitative estimate of drug-likeness (QED) is 0.799. The molecule has 100 valence electrons. The lowest BCUT2D eigenvalue weighted by Crippen LogP contribution is -2.04. The second kappa shape index (κ2) is 5.41. The van der Waals surface area contributed by atoms with Crippen molar-refractivity contribution in [3.8, 4) is 11.4 Å². The highest BCUT2D eigenvalue weighted by Crippen LogP contribution is 2.19. The Morgan fingerprint density at radius 2 is 1.95 bits per heavy atom. The second-order valence-electron chi connectivity index (χ2n) is 3.84. The Morgan fingerprint density at radius 3 is 2.58 bits per heavy atom. The molecule has 0 atom stereocenters. The lowest BCUT2D eigenvalue weighted by Gasteiger charge is -2.06. The van der Waals surface area contributed by atoms with Crippen LogP contribution in [0.4, 0.5) is 4.39 Å². The molecule has 0 fully saturated rings. The van der Waals surface area contributed by atoms with Gasteiger partial charge in [0.2, 0.25) is 0 Å².